The second-order valence-electron chi connectivity index (χ2n) is 8.03. The average Bonchev–Trinajstić information content (AvgIpc) is 3.54. The highest BCUT2D eigenvalue weighted by Crippen LogP contribution is 2.49. The lowest BCUT2D eigenvalue weighted by atomic mass is 9.73. The van der Waals surface area contributed by atoms with Crippen LogP contribution in [0.3, 0.4) is 0 Å². The Bertz CT molecular complexity index is 987. The predicted molar refractivity (Wildman–Crippen MR) is 107 cm³/mol. The summed E-state index contributed by atoms with van der Waals surface area (Å²) in [5, 5.41) is 0. The zero-order chi connectivity index (χ0) is 22.3. The van der Waals surface area contributed by atoms with E-state index in [1.54, 1.807) is 12.1 Å². The van der Waals surface area contributed by atoms with E-state index in [1.165, 1.54) is 31.2 Å². The van der Waals surface area contributed by atoms with Crippen LogP contribution in [0.15, 0.2) is 46.7 Å². The summed E-state index contributed by atoms with van der Waals surface area (Å²) in [6.07, 6.45) is 5.36. The van der Waals surface area contributed by atoms with E-state index >= 15 is 0 Å². The van der Waals surface area contributed by atoms with Crippen LogP contribution in [-0.4, -0.2) is 37.5 Å². The van der Waals surface area contributed by atoms with Crippen molar-refractivity contribution in [3.8, 4) is 0 Å². The molecule has 2 N–H and O–H groups in total. The Balaban J connectivity index is 1.82. The molecule has 1 aromatic rings. The van der Waals surface area contributed by atoms with Crippen molar-refractivity contribution in [1.82, 2.24) is 4.90 Å². The Morgan fingerprint density at radius 3 is 2.68 bits per heavy atom. The molecule has 166 valence electrons. The number of halogens is 3. The number of alkyl halides is 2. The van der Waals surface area contributed by atoms with E-state index in [0.717, 1.165) is 12.8 Å². The molecule has 0 radical (unpaired) electrons. The van der Waals surface area contributed by atoms with Crippen LogP contribution in [0.4, 0.5) is 13.2 Å². The van der Waals surface area contributed by atoms with E-state index in [1.807, 2.05) is 6.08 Å². The van der Waals surface area contributed by atoms with Gasteiger partial charge in [-0.15, -0.1) is 0 Å². The molecule has 3 aliphatic rings. The highest BCUT2D eigenvalue weighted by molar-refractivity contribution is 6.07. The fourth-order valence-electron chi connectivity index (χ4n) is 4.34. The van der Waals surface area contributed by atoms with Crippen molar-refractivity contribution in [3.63, 3.8) is 0 Å². The SMILES string of the molecule is COCc1cc([C@@]2(C3C=C(C4CC4)C(OC(F)F)=CC3)N=C(N)N(C)C2=O)ccc1F. The fraction of sp³-hybridized carbons (Fsp3) is 0.455. The number of hydrogen-bond acceptors (Lipinski definition) is 5. The van der Waals surface area contributed by atoms with Gasteiger partial charge in [0.1, 0.15) is 11.6 Å². The summed E-state index contributed by atoms with van der Waals surface area (Å²) in [7, 11) is 2.98. The molecule has 1 saturated carbocycles. The monoisotopic (exact) mass is 435 g/mol. The topological polar surface area (TPSA) is 77.2 Å². The Morgan fingerprint density at radius 2 is 2.10 bits per heavy atom. The standard InChI is InChI=1S/C22H24F3N3O3/c1-28-19(29)22(27-21(28)26,14-5-7-17(23)13(9-14)11-30-2)15-6-8-18(31-20(24)25)16(10-15)12-3-4-12/h5,7-10,12,15,20H,3-4,6,11H2,1-2H3,(H2,26,27)/t15?,22-/m0/s1. The van der Waals surface area contributed by atoms with E-state index < -0.39 is 23.9 Å². The molecule has 2 aliphatic carbocycles. The zero-order valence-corrected chi connectivity index (χ0v) is 17.3. The zero-order valence-electron chi connectivity index (χ0n) is 17.3. The molecular formula is C22H24F3N3O3. The van der Waals surface area contributed by atoms with Crippen LogP contribution in [-0.2, 0) is 26.4 Å². The first-order chi connectivity index (χ1) is 14.8. The molecule has 1 unspecified atom stereocenters. The molecule has 2 atom stereocenters. The molecule has 1 heterocycles. The highest BCUT2D eigenvalue weighted by Gasteiger charge is 2.53. The van der Waals surface area contributed by atoms with Gasteiger partial charge in [0, 0.05) is 25.6 Å². The van der Waals surface area contributed by atoms with Gasteiger partial charge in [-0.05, 0) is 54.5 Å². The number of allylic oxidation sites excluding steroid dienone is 2. The van der Waals surface area contributed by atoms with Crippen molar-refractivity contribution >= 4 is 11.9 Å². The second-order valence-corrected chi connectivity index (χ2v) is 8.03. The van der Waals surface area contributed by atoms with E-state index in [9.17, 15) is 18.0 Å². The molecule has 0 bridgehead atoms. The summed E-state index contributed by atoms with van der Waals surface area (Å²) in [5.74, 6) is -1.01. The molecule has 6 nitrogen and oxygen atoms in total. The number of nitrogens with zero attached hydrogens (tertiary/aromatic N) is 2. The summed E-state index contributed by atoms with van der Waals surface area (Å²) in [4.78, 5) is 19.3. The third-order valence-corrected chi connectivity index (χ3v) is 6.04. The molecule has 4 rings (SSSR count). The maximum Gasteiger partial charge on any atom is 0.387 e. The first kappa shape index (κ1) is 21.4. The summed E-state index contributed by atoms with van der Waals surface area (Å²) in [6.45, 7) is -2.90. The maximum atomic E-state index is 14.3. The van der Waals surface area contributed by atoms with E-state index in [0.29, 0.717) is 11.1 Å². The molecular weight excluding hydrogens is 411 g/mol. The number of hydrogen-bond donors (Lipinski definition) is 1. The lowest BCUT2D eigenvalue weighted by Gasteiger charge is -2.34. The average molecular weight is 435 g/mol. The molecule has 1 aromatic carbocycles. The minimum Gasteiger partial charge on any atom is -0.435 e. The molecule has 0 aromatic heterocycles. The number of likely N-dealkylation sites (N-methyl/N-ethyl adjacent to an activating group) is 1. The number of guanidine groups is 1. The van der Waals surface area contributed by atoms with Crippen LogP contribution in [0.1, 0.15) is 30.4 Å². The number of aliphatic imine (C=N–C) groups is 1. The minimum atomic E-state index is -2.93. The van der Waals surface area contributed by atoms with Gasteiger partial charge >= 0.3 is 6.61 Å². The Hall–Kier alpha value is -2.81. The highest BCUT2D eigenvalue weighted by atomic mass is 19.3. The molecule has 0 saturated heterocycles. The van der Waals surface area contributed by atoms with Gasteiger partial charge in [-0.1, -0.05) is 12.1 Å². The molecule has 1 amide bonds. The number of carbonyl (C=O) groups excluding carboxylic acids is 1. The third kappa shape index (κ3) is 3.71. The number of carbonyl (C=O) groups is 1. The van der Waals surface area contributed by atoms with Crippen LogP contribution in [0.5, 0.6) is 0 Å². The maximum absolute atomic E-state index is 14.3. The van der Waals surface area contributed by atoms with Gasteiger partial charge in [0.2, 0.25) is 0 Å². The Labute approximate surface area is 178 Å². The summed E-state index contributed by atoms with van der Waals surface area (Å²) >= 11 is 0. The normalized spacial score (nSPS) is 26.1. The first-order valence-corrected chi connectivity index (χ1v) is 10.1. The largest absolute Gasteiger partial charge is 0.435 e. The lowest BCUT2D eigenvalue weighted by molar-refractivity contribution is -0.132. The van der Waals surface area contributed by atoms with Gasteiger partial charge < -0.3 is 15.2 Å². The molecule has 1 aliphatic heterocycles. The van der Waals surface area contributed by atoms with E-state index in [2.05, 4.69) is 4.99 Å². The van der Waals surface area contributed by atoms with Crippen molar-refractivity contribution in [2.45, 2.75) is 38.0 Å². The molecule has 31 heavy (non-hydrogen) atoms. The van der Waals surface area contributed by atoms with Crippen molar-refractivity contribution in [1.29, 1.82) is 0 Å². The van der Waals surface area contributed by atoms with Crippen LogP contribution >= 0.6 is 0 Å². The van der Waals surface area contributed by atoms with Crippen molar-refractivity contribution < 1.29 is 27.4 Å². The lowest BCUT2D eigenvalue weighted by Crippen LogP contribution is -2.45. The Morgan fingerprint density at radius 1 is 1.35 bits per heavy atom. The van der Waals surface area contributed by atoms with Gasteiger partial charge in [-0.2, -0.15) is 8.78 Å². The minimum absolute atomic E-state index is 0.0269. The summed E-state index contributed by atoms with van der Waals surface area (Å²) in [5.41, 5.74) is 6.00. The van der Waals surface area contributed by atoms with Crippen LogP contribution < -0.4 is 5.73 Å². The fourth-order valence-corrected chi connectivity index (χ4v) is 4.34. The van der Waals surface area contributed by atoms with Gasteiger partial charge in [-0.25, -0.2) is 9.38 Å². The van der Waals surface area contributed by atoms with Gasteiger partial charge in [-0.3, -0.25) is 9.69 Å². The number of amides is 1. The number of nitrogens with two attached hydrogens (primary N) is 1. The van der Waals surface area contributed by atoms with E-state index in [-0.39, 0.29) is 42.1 Å². The molecule has 9 heteroatoms. The summed E-state index contributed by atoms with van der Waals surface area (Å²) < 4.78 is 49.9. The first-order valence-electron chi connectivity index (χ1n) is 10.1. The number of ether oxygens (including phenoxy) is 2. The molecule has 1 fully saturated rings. The number of rotatable bonds is 7. The van der Waals surface area contributed by atoms with Crippen molar-refractivity contribution in [3.05, 3.63) is 58.6 Å². The van der Waals surface area contributed by atoms with Crippen LogP contribution in [0.2, 0.25) is 0 Å². The summed E-state index contributed by atoms with van der Waals surface area (Å²) in [6, 6.07) is 4.35. The number of benzene rings is 1. The van der Waals surface area contributed by atoms with E-state index in [4.69, 9.17) is 15.2 Å². The number of methoxy groups -OCH3 is 1. The smallest absolute Gasteiger partial charge is 0.387 e. The quantitative estimate of drug-likeness (QED) is 0.712. The van der Waals surface area contributed by atoms with Crippen molar-refractivity contribution in [2.75, 3.05) is 14.2 Å². The van der Waals surface area contributed by atoms with Crippen molar-refractivity contribution in [2.24, 2.45) is 22.6 Å². The van der Waals surface area contributed by atoms with Gasteiger partial charge in [0.05, 0.1) is 6.61 Å². The van der Waals surface area contributed by atoms with Gasteiger partial charge in [0.15, 0.2) is 11.5 Å². The predicted octanol–water partition coefficient (Wildman–Crippen LogP) is 3.43. The third-order valence-electron chi connectivity index (χ3n) is 6.04. The van der Waals surface area contributed by atoms with Crippen LogP contribution in [0, 0.1) is 17.7 Å². The Kier molecular flexibility index (Phi) is 5.55. The molecule has 0 spiro atoms. The van der Waals surface area contributed by atoms with Crippen LogP contribution in [0.25, 0.3) is 0 Å². The second kappa shape index (κ2) is 8.03. The van der Waals surface area contributed by atoms with Gasteiger partial charge in [0.25, 0.3) is 5.91 Å².